The summed E-state index contributed by atoms with van der Waals surface area (Å²) in [7, 11) is 0. The molecule has 3 amide bonds. The van der Waals surface area contributed by atoms with Crippen molar-refractivity contribution in [2.45, 2.75) is 77.7 Å². The van der Waals surface area contributed by atoms with E-state index in [-0.39, 0.29) is 24.3 Å². The monoisotopic (exact) mass is 649 g/mol. The summed E-state index contributed by atoms with van der Waals surface area (Å²) < 4.78 is 5.88. The zero-order chi connectivity index (χ0) is 34.5. The van der Waals surface area contributed by atoms with E-state index in [4.69, 9.17) is 10.5 Å². The highest BCUT2D eigenvalue weighted by Crippen LogP contribution is 2.24. The van der Waals surface area contributed by atoms with Crippen LogP contribution in [0.4, 0.5) is 0 Å². The number of amides is 3. The Balaban J connectivity index is 1.38. The van der Waals surface area contributed by atoms with E-state index in [0.717, 1.165) is 46.6 Å². The van der Waals surface area contributed by atoms with Gasteiger partial charge in [0.15, 0.2) is 5.82 Å². The molecule has 4 rings (SSSR count). The third-order valence-corrected chi connectivity index (χ3v) is 8.08. The van der Waals surface area contributed by atoms with Crippen LogP contribution in [0.15, 0.2) is 85.2 Å². The molecule has 0 radical (unpaired) electrons. The molecule has 0 fully saturated rings. The summed E-state index contributed by atoms with van der Waals surface area (Å²) in [5.41, 5.74) is 10.2. The number of benzene rings is 3. The number of primary amides is 1. The number of rotatable bonds is 16. The van der Waals surface area contributed by atoms with Crippen LogP contribution in [0.25, 0.3) is 22.5 Å². The Morgan fingerprint density at radius 3 is 2.02 bits per heavy atom. The molecule has 0 spiro atoms. The first-order valence-electron chi connectivity index (χ1n) is 16.7. The van der Waals surface area contributed by atoms with Gasteiger partial charge in [-0.25, -0.2) is 9.97 Å². The summed E-state index contributed by atoms with van der Waals surface area (Å²) in [5, 5.41) is 5.33. The standard InChI is InChI=1S/C39H47N5O4/c1-5-6-7-8-9-22-48-33-20-16-28(17-21-33)31-24-41-36(42-25-31)29-12-10-27(11-13-29)23-34(38(47)43-26-35(40)45)44-37(46)30-14-18-32(19-15-30)39(2,3)4/h10-21,24-25,34H,5-9,22-23,26H2,1-4H3,(H2,40,45)(H,43,47)(H,44,46)/t34-/m0/s1. The Morgan fingerprint density at radius 1 is 0.792 bits per heavy atom. The first-order valence-corrected chi connectivity index (χ1v) is 16.7. The highest BCUT2D eigenvalue weighted by molar-refractivity contribution is 5.98. The van der Waals surface area contributed by atoms with Crippen molar-refractivity contribution in [3.63, 3.8) is 0 Å². The fourth-order valence-corrected chi connectivity index (χ4v) is 5.16. The van der Waals surface area contributed by atoms with Crippen LogP contribution < -0.4 is 21.1 Å². The Kier molecular flexibility index (Phi) is 12.8. The second-order valence-electron chi connectivity index (χ2n) is 13.0. The summed E-state index contributed by atoms with van der Waals surface area (Å²) in [6.45, 7) is 8.91. The topological polar surface area (TPSA) is 136 Å². The number of nitrogens with one attached hydrogen (secondary N) is 2. The van der Waals surface area contributed by atoms with E-state index >= 15 is 0 Å². The summed E-state index contributed by atoms with van der Waals surface area (Å²) in [6, 6.07) is 21.8. The van der Waals surface area contributed by atoms with Gasteiger partial charge >= 0.3 is 0 Å². The van der Waals surface area contributed by atoms with E-state index < -0.39 is 17.9 Å². The van der Waals surface area contributed by atoms with Crippen LogP contribution in [0.2, 0.25) is 0 Å². The van der Waals surface area contributed by atoms with Gasteiger partial charge in [-0.1, -0.05) is 102 Å². The molecule has 252 valence electrons. The minimum absolute atomic E-state index is 0.0554. The molecule has 0 aliphatic carbocycles. The van der Waals surface area contributed by atoms with Gasteiger partial charge in [0.05, 0.1) is 13.2 Å². The second-order valence-corrected chi connectivity index (χ2v) is 13.0. The number of ether oxygens (including phenoxy) is 1. The van der Waals surface area contributed by atoms with E-state index in [2.05, 4.69) is 48.3 Å². The van der Waals surface area contributed by atoms with Crippen LogP contribution in [-0.2, 0) is 21.4 Å². The van der Waals surface area contributed by atoms with Gasteiger partial charge in [-0.2, -0.15) is 0 Å². The molecule has 0 unspecified atom stereocenters. The number of nitrogens with two attached hydrogens (primary N) is 1. The molecular formula is C39H47N5O4. The highest BCUT2D eigenvalue weighted by atomic mass is 16.5. The average Bonchev–Trinajstić information content (AvgIpc) is 3.08. The summed E-state index contributed by atoms with van der Waals surface area (Å²) >= 11 is 0. The van der Waals surface area contributed by atoms with Crippen LogP contribution >= 0.6 is 0 Å². The van der Waals surface area contributed by atoms with Gasteiger partial charge in [0.1, 0.15) is 11.8 Å². The minimum atomic E-state index is -0.928. The summed E-state index contributed by atoms with van der Waals surface area (Å²) in [6.07, 6.45) is 9.82. The number of carbonyl (C=O) groups is 3. The van der Waals surface area contributed by atoms with Crippen molar-refractivity contribution in [1.82, 2.24) is 20.6 Å². The lowest BCUT2D eigenvalue weighted by Crippen LogP contribution is -2.49. The van der Waals surface area contributed by atoms with Crippen LogP contribution in [0.3, 0.4) is 0 Å². The maximum Gasteiger partial charge on any atom is 0.251 e. The lowest BCUT2D eigenvalue weighted by Gasteiger charge is -2.20. The molecule has 4 aromatic rings. The van der Waals surface area contributed by atoms with Crippen LogP contribution in [-0.4, -0.2) is 46.9 Å². The molecule has 1 heterocycles. The Hall–Kier alpha value is -5.05. The maximum atomic E-state index is 13.1. The van der Waals surface area contributed by atoms with Gasteiger partial charge in [0.25, 0.3) is 5.91 Å². The summed E-state index contributed by atoms with van der Waals surface area (Å²) in [5.74, 6) is -0.140. The predicted molar refractivity (Wildman–Crippen MR) is 189 cm³/mol. The zero-order valence-electron chi connectivity index (χ0n) is 28.4. The molecule has 0 aliphatic heterocycles. The molecule has 1 atom stereocenters. The number of hydrogen-bond acceptors (Lipinski definition) is 6. The maximum absolute atomic E-state index is 13.1. The molecule has 0 bridgehead atoms. The van der Waals surface area contributed by atoms with Crippen molar-refractivity contribution < 1.29 is 19.1 Å². The lowest BCUT2D eigenvalue weighted by molar-refractivity contribution is -0.126. The lowest BCUT2D eigenvalue weighted by atomic mass is 9.86. The average molecular weight is 650 g/mol. The van der Waals surface area contributed by atoms with Crippen molar-refractivity contribution in [3.8, 4) is 28.3 Å². The van der Waals surface area contributed by atoms with Gasteiger partial charge in [-0.05, 0) is 52.8 Å². The number of nitrogens with zero attached hydrogens (tertiary/aromatic N) is 2. The van der Waals surface area contributed by atoms with E-state index in [1.807, 2.05) is 60.7 Å². The zero-order valence-corrected chi connectivity index (χ0v) is 28.4. The van der Waals surface area contributed by atoms with Crippen molar-refractivity contribution in [2.24, 2.45) is 5.73 Å². The first-order chi connectivity index (χ1) is 23.0. The van der Waals surface area contributed by atoms with Crippen molar-refractivity contribution in [3.05, 3.63) is 102 Å². The molecule has 9 nitrogen and oxygen atoms in total. The van der Waals surface area contributed by atoms with Crippen molar-refractivity contribution in [2.75, 3.05) is 13.2 Å². The SMILES string of the molecule is CCCCCCCOc1ccc(-c2cnc(-c3ccc(C[C@H](NC(=O)c4ccc(C(C)(C)C)cc4)C(=O)NCC(N)=O)cc3)nc2)cc1. The summed E-state index contributed by atoms with van der Waals surface area (Å²) in [4.78, 5) is 46.6. The normalized spacial score (nSPS) is 11.8. The van der Waals surface area contributed by atoms with Crippen molar-refractivity contribution in [1.29, 1.82) is 0 Å². The molecule has 0 saturated carbocycles. The number of hydrogen-bond donors (Lipinski definition) is 3. The molecule has 0 aliphatic rings. The quantitative estimate of drug-likeness (QED) is 0.120. The Labute approximate surface area is 283 Å². The third-order valence-electron chi connectivity index (χ3n) is 8.08. The fourth-order valence-electron chi connectivity index (χ4n) is 5.16. The molecule has 4 N–H and O–H groups in total. The molecule has 48 heavy (non-hydrogen) atoms. The van der Waals surface area contributed by atoms with E-state index in [0.29, 0.717) is 11.4 Å². The van der Waals surface area contributed by atoms with Gasteiger partial charge in [-0.3, -0.25) is 14.4 Å². The van der Waals surface area contributed by atoms with Gasteiger partial charge < -0.3 is 21.1 Å². The van der Waals surface area contributed by atoms with Crippen LogP contribution in [0.1, 0.15) is 81.3 Å². The highest BCUT2D eigenvalue weighted by Gasteiger charge is 2.23. The third kappa shape index (κ3) is 10.8. The predicted octanol–water partition coefficient (Wildman–Crippen LogP) is 6.40. The number of carbonyl (C=O) groups excluding carboxylic acids is 3. The fraction of sp³-hybridized carbons (Fsp3) is 0.359. The van der Waals surface area contributed by atoms with E-state index in [1.165, 1.54) is 25.7 Å². The minimum Gasteiger partial charge on any atom is -0.494 e. The van der Waals surface area contributed by atoms with E-state index in [9.17, 15) is 14.4 Å². The van der Waals surface area contributed by atoms with Crippen LogP contribution in [0.5, 0.6) is 5.75 Å². The van der Waals surface area contributed by atoms with Crippen LogP contribution in [0, 0.1) is 0 Å². The molecule has 9 heteroatoms. The molecule has 1 aromatic heterocycles. The van der Waals surface area contributed by atoms with Crippen molar-refractivity contribution >= 4 is 17.7 Å². The largest absolute Gasteiger partial charge is 0.494 e. The molecular weight excluding hydrogens is 602 g/mol. The second kappa shape index (κ2) is 17.2. The van der Waals surface area contributed by atoms with Gasteiger partial charge in [0, 0.05) is 35.5 Å². The first kappa shape index (κ1) is 35.8. The molecule has 0 saturated heterocycles. The Bertz CT molecular complexity index is 1630. The van der Waals surface area contributed by atoms with Gasteiger partial charge in [-0.15, -0.1) is 0 Å². The number of aromatic nitrogens is 2. The van der Waals surface area contributed by atoms with Gasteiger partial charge in [0.2, 0.25) is 11.8 Å². The Morgan fingerprint density at radius 2 is 1.42 bits per heavy atom. The number of unbranched alkanes of at least 4 members (excludes halogenated alkanes) is 4. The van der Waals surface area contributed by atoms with E-state index in [1.54, 1.807) is 24.5 Å². The molecule has 3 aromatic carbocycles. The smallest absolute Gasteiger partial charge is 0.251 e.